The smallest absolute Gasteiger partial charge is 0.222 e. The van der Waals surface area contributed by atoms with E-state index in [-0.39, 0.29) is 0 Å². The van der Waals surface area contributed by atoms with E-state index in [9.17, 15) is 4.79 Å². The maximum atomic E-state index is 12.7. The summed E-state index contributed by atoms with van der Waals surface area (Å²) < 4.78 is 0. The number of rotatable bonds is 6. The van der Waals surface area contributed by atoms with Crippen molar-refractivity contribution in [3.63, 3.8) is 0 Å². The van der Waals surface area contributed by atoms with Gasteiger partial charge in [0.15, 0.2) is 0 Å². The molecule has 2 fully saturated rings. The summed E-state index contributed by atoms with van der Waals surface area (Å²) in [4.78, 5) is 28.2. The number of carbonyl (C=O) groups is 1. The Kier molecular flexibility index (Phi) is 6.72. The van der Waals surface area contributed by atoms with Crippen molar-refractivity contribution in [3.8, 4) is 0 Å². The van der Waals surface area contributed by atoms with Crippen molar-refractivity contribution in [2.75, 3.05) is 44.2 Å². The first kappa shape index (κ1) is 19.8. The van der Waals surface area contributed by atoms with Crippen LogP contribution in [0.3, 0.4) is 0 Å². The second-order valence-corrected chi connectivity index (χ2v) is 8.20. The van der Waals surface area contributed by atoms with E-state index in [0.717, 1.165) is 58.1 Å². The zero-order valence-electron chi connectivity index (χ0n) is 17.1. The Bertz CT molecular complexity index is 761. The highest BCUT2D eigenvalue weighted by atomic mass is 16.2. The third kappa shape index (κ3) is 5.54. The molecule has 29 heavy (non-hydrogen) atoms. The molecule has 1 amide bonds. The molecule has 2 saturated heterocycles. The number of carbonyl (C=O) groups excluding carboxylic acids is 1. The highest BCUT2D eigenvalue weighted by molar-refractivity contribution is 5.76. The number of aromatic nitrogens is 2. The molecular weight excluding hydrogens is 362 g/mol. The summed E-state index contributed by atoms with van der Waals surface area (Å²) in [5, 5.41) is 0. The fourth-order valence-corrected chi connectivity index (χ4v) is 4.49. The highest BCUT2D eigenvalue weighted by Gasteiger charge is 2.24. The van der Waals surface area contributed by atoms with Gasteiger partial charge < -0.3 is 9.80 Å². The maximum Gasteiger partial charge on any atom is 0.222 e. The second-order valence-electron chi connectivity index (χ2n) is 8.20. The first-order valence-electron chi connectivity index (χ1n) is 10.8. The third-order valence-corrected chi connectivity index (χ3v) is 6.10. The van der Waals surface area contributed by atoms with E-state index < -0.39 is 0 Å². The fraction of sp³-hybridized carbons (Fsp3) is 0.522. The van der Waals surface area contributed by atoms with E-state index in [1.54, 1.807) is 0 Å². The van der Waals surface area contributed by atoms with Gasteiger partial charge in [0.2, 0.25) is 5.91 Å². The predicted molar refractivity (Wildman–Crippen MR) is 115 cm³/mol. The van der Waals surface area contributed by atoms with Gasteiger partial charge in [-0.05, 0) is 55.5 Å². The van der Waals surface area contributed by atoms with E-state index in [4.69, 9.17) is 0 Å². The average Bonchev–Trinajstić information content (AvgIpc) is 2.79. The maximum absolute atomic E-state index is 12.7. The summed E-state index contributed by atoms with van der Waals surface area (Å²) in [5.74, 6) is 1.95. The lowest BCUT2D eigenvalue weighted by Crippen LogP contribution is -2.49. The lowest BCUT2D eigenvalue weighted by Gasteiger charge is -2.36. The summed E-state index contributed by atoms with van der Waals surface area (Å²) in [6.07, 6.45) is 9.75. The van der Waals surface area contributed by atoms with Gasteiger partial charge in [0.1, 0.15) is 5.82 Å². The molecule has 2 aliphatic heterocycles. The molecule has 154 valence electrons. The molecule has 0 bridgehead atoms. The number of hydrogen-bond donors (Lipinski definition) is 0. The van der Waals surface area contributed by atoms with Crippen LogP contribution in [0.4, 0.5) is 5.82 Å². The molecule has 2 aromatic rings. The van der Waals surface area contributed by atoms with Crippen LogP contribution in [-0.4, -0.2) is 64.9 Å². The van der Waals surface area contributed by atoms with Gasteiger partial charge in [0, 0.05) is 64.3 Å². The van der Waals surface area contributed by atoms with Crippen LogP contribution in [0.1, 0.15) is 31.2 Å². The van der Waals surface area contributed by atoms with Crippen LogP contribution in [0.5, 0.6) is 0 Å². The summed E-state index contributed by atoms with van der Waals surface area (Å²) >= 11 is 0. The Morgan fingerprint density at radius 1 is 1.03 bits per heavy atom. The molecule has 4 heterocycles. The lowest BCUT2D eigenvalue weighted by atomic mass is 9.93. The molecule has 0 saturated carbocycles. The standard InChI is InChI=1S/C23H31N5O/c29-23(28-15-13-27(14-16-28)22-7-1-2-11-25-22)9-8-20-6-4-12-26(18-20)19-21-5-3-10-24-17-21/h1-3,5,7,10-11,17,20H,4,6,8-9,12-16,18-19H2/t20-/m0/s1. The molecule has 1 atom stereocenters. The normalized spacial score (nSPS) is 20.6. The molecule has 0 aromatic carbocycles. The van der Waals surface area contributed by atoms with Crippen LogP contribution in [0, 0.1) is 5.92 Å². The van der Waals surface area contributed by atoms with Crippen LogP contribution >= 0.6 is 0 Å². The number of anilines is 1. The minimum absolute atomic E-state index is 0.315. The van der Waals surface area contributed by atoms with E-state index in [1.807, 2.05) is 47.8 Å². The first-order chi connectivity index (χ1) is 14.3. The number of amides is 1. The summed E-state index contributed by atoms with van der Waals surface area (Å²) in [6, 6.07) is 10.1. The van der Waals surface area contributed by atoms with E-state index in [0.29, 0.717) is 18.2 Å². The van der Waals surface area contributed by atoms with E-state index in [2.05, 4.69) is 25.8 Å². The minimum Gasteiger partial charge on any atom is -0.353 e. The molecule has 0 radical (unpaired) electrons. The van der Waals surface area contributed by atoms with Crippen molar-refractivity contribution in [2.45, 2.75) is 32.2 Å². The molecule has 2 aromatic heterocycles. The molecule has 0 N–H and O–H groups in total. The molecule has 2 aliphatic rings. The fourth-order valence-electron chi connectivity index (χ4n) is 4.49. The van der Waals surface area contributed by atoms with Crippen LogP contribution in [0.2, 0.25) is 0 Å². The summed E-state index contributed by atoms with van der Waals surface area (Å²) in [7, 11) is 0. The van der Waals surface area contributed by atoms with Crippen molar-refractivity contribution in [3.05, 3.63) is 54.5 Å². The Morgan fingerprint density at radius 2 is 1.93 bits per heavy atom. The van der Waals surface area contributed by atoms with Crippen molar-refractivity contribution < 1.29 is 4.79 Å². The van der Waals surface area contributed by atoms with E-state index >= 15 is 0 Å². The zero-order chi connectivity index (χ0) is 19.9. The summed E-state index contributed by atoms with van der Waals surface area (Å²) in [5.41, 5.74) is 1.27. The number of pyridine rings is 2. The molecule has 0 unspecified atom stereocenters. The third-order valence-electron chi connectivity index (χ3n) is 6.10. The molecule has 0 spiro atoms. The number of piperazine rings is 1. The first-order valence-corrected chi connectivity index (χ1v) is 10.8. The number of hydrogen-bond acceptors (Lipinski definition) is 5. The van der Waals surface area contributed by atoms with Crippen molar-refractivity contribution >= 4 is 11.7 Å². The van der Waals surface area contributed by atoms with Crippen LogP contribution in [0.25, 0.3) is 0 Å². The van der Waals surface area contributed by atoms with Gasteiger partial charge >= 0.3 is 0 Å². The van der Waals surface area contributed by atoms with Crippen molar-refractivity contribution in [2.24, 2.45) is 5.92 Å². The van der Waals surface area contributed by atoms with Gasteiger partial charge in [-0.3, -0.25) is 14.7 Å². The minimum atomic E-state index is 0.315. The molecule has 6 nitrogen and oxygen atoms in total. The summed E-state index contributed by atoms with van der Waals surface area (Å²) in [6.45, 7) is 6.54. The van der Waals surface area contributed by atoms with Gasteiger partial charge in [-0.2, -0.15) is 0 Å². The topological polar surface area (TPSA) is 52.6 Å². The van der Waals surface area contributed by atoms with Crippen LogP contribution in [0.15, 0.2) is 48.9 Å². The van der Waals surface area contributed by atoms with Gasteiger partial charge in [-0.25, -0.2) is 4.98 Å². The zero-order valence-corrected chi connectivity index (χ0v) is 17.1. The second kappa shape index (κ2) is 9.83. The largest absolute Gasteiger partial charge is 0.353 e. The number of nitrogens with zero attached hydrogens (tertiary/aromatic N) is 5. The Hall–Kier alpha value is -2.47. The van der Waals surface area contributed by atoms with Crippen molar-refractivity contribution in [1.82, 2.24) is 19.8 Å². The lowest BCUT2D eigenvalue weighted by molar-refractivity contribution is -0.131. The Labute approximate surface area is 173 Å². The Balaban J connectivity index is 1.19. The van der Waals surface area contributed by atoms with Gasteiger partial charge in [0.05, 0.1) is 0 Å². The average molecular weight is 394 g/mol. The number of piperidine rings is 1. The molecule has 0 aliphatic carbocycles. The van der Waals surface area contributed by atoms with Crippen LogP contribution in [-0.2, 0) is 11.3 Å². The predicted octanol–water partition coefficient (Wildman–Crippen LogP) is 2.82. The highest BCUT2D eigenvalue weighted by Crippen LogP contribution is 2.23. The monoisotopic (exact) mass is 393 g/mol. The van der Waals surface area contributed by atoms with Crippen molar-refractivity contribution in [1.29, 1.82) is 0 Å². The van der Waals surface area contributed by atoms with Crippen LogP contribution < -0.4 is 4.90 Å². The van der Waals surface area contributed by atoms with Gasteiger partial charge in [-0.15, -0.1) is 0 Å². The Morgan fingerprint density at radius 3 is 2.69 bits per heavy atom. The molecular formula is C23H31N5O. The van der Waals surface area contributed by atoms with E-state index in [1.165, 1.54) is 18.4 Å². The number of likely N-dealkylation sites (tertiary alicyclic amines) is 1. The SMILES string of the molecule is O=C(CC[C@@H]1CCCN(Cc2cccnc2)C1)N1CCN(c2ccccn2)CC1. The van der Waals surface area contributed by atoms with Gasteiger partial charge in [0.25, 0.3) is 0 Å². The quantitative estimate of drug-likeness (QED) is 0.755. The molecule has 4 rings (SSSR count). The van der Waals surface area contributed by atoms with Gasteiger partial charge in [-0.1, -0.05) is 12.1 Å². The molecule has 6 heteroatoms.